The number of nitrogens with zero attached hydrogens (tertiary/aromatic N) is 2. The highest BCUT2D eigenvalue weighted by atomic mass is 35.5. The predicted molar refractivity (Wildman–Crippen MR) is 102 cm³/mol. The van der Waals surface area contributed by atoms with Crippen LogP contribution in [0.1, 0.15) is 46.7 Å². The van der Waals surface area contributed by atoms with E-state index in [0.717, 1.165) is 17.8 Å². The number of rotatable bonds is 5. The molecule has 1 fully saturated rings. The first kappa shape index (κ1) is 19.0. The van der Waals surface area contributed by atoms with Crippen LogP contribution < -0.4 is 0 Å². The molecule has 0 spiro atoms. The number of methoxy groups -OCH3 is 1. The molecule has 3 rings (SSSR count). The quantitative estimate of drug-likeness (QED) is 0.770. The minimum atomic E-state index is -1.04. The Hall–Kier alpha value is -1.76. The van der Waals surface area contributed by atoms with Gasteiger partial charge in [0.05, 0.1) is 6.61 Å². The highest BCUT2D eigenvalue weighted by Gasteiger charge is 2.48. The molecule has 0 radical (unpaired) electrons. The Morgan fingerprint density at radius 3 is 2.85 bits per heavy atom. The zero-order valence-electron chi connectivity index (χ0n) is 14.8. The Labute approximate surface area is 161 Å². The smallest absolute Gasteiger partial charge is 0.274 e. The van der Waals surface area contributed by atoms with E-state index >= 15 is 0 Å². The summed E-state index contributed by atoms with van der Waals surface area (Å²) >= 11 is 7.80. The first-order chi connectivity index (χ1) is 12.5. The molecule has 2 aromatic rings. The van der Waals surface area contributed by atoms with Crippen molar-refractivity contribution in [1.82, 2.24) is 9.88 Å². The van der Waals surface area contributed by atoms with Crippen molar-refractivity contribution >= 4 is 34.6 Å². The molecule has 26 heavy (non-hydrogen) atoms. The fraction of sp³-hybridized carbons (Fsp3) is 0.421. The number of hydrogen-bond acceptors (Lipinski definition) is 5. The maximum atomic E-state index is 13.1. The van der Waals surface area contributed by atoms with Crippen LogP contribution in [-0.2, 0) is 21.7 Å². The third-order valence-electron chi connectivity index (χ3n) is 4.89. The van der Waals surface area contributed by atoms with Crippen LogP contribution in [0.2, 0.25) is 5.02 Å². The van der Waals surface area contributed by atoms with Gasteiger partial charge in [0.15, 0.2) is 5.78 Å². The summed E-state index contributed by atoms with van der Waals surface area (Å²) in [4.78, 5) is 32.1. The lowest BCUT2D eigenvalue weighted by Crippen LogP contribution is -2.54. The predicted octanol–water partition coefficient (Wildman–Crippen LogP) is 4.05. The van der Waals surface area contributed by atoms with Gasteiger partial charge in [-0.2, -0.15) is 0 Å². The lowest BCUT2D eigenvalue weighted by atomic mass is 9.74. The van der Waals surface area contributed by atoms with Gasteiger partial charge in [0, 0.05) is 36.5 Å². The van der Waals surface area contributed by atoms with Crippen LogP contribution in [0.5, 0.6) is 0 Å². The van der Waals surface area contributed by atoms with Gasteiger partial charge in [-0.15, -0.1) is 11.3 Å². The molecular formula is C19H21ClN2O3S. The molecule has 0 bridgehead atoms. The molecule has 0 aliphatic heterocycles. The number of hydrogen-bond donors (Lipinski definition) is 0. The summed E-state index contributed by atoms with van der Waals surface area (Å²) in [6.07, 6.45) is 2.70. The van der Waals surface area contributed by atoms with Crippen LogP contribution >= 0.6 is 22.9 Å². The number of likely N-dealkylation sites (N-methyl/N-ethyl adjacent to an activating group) is 1. The van der Waals surface area contributed by atoms with E-state index in [-0.39, 0.29) is 11.7 Å². The number of ether oxygens (including phenoxy) is 1. The summed E-state index contributed by atoms with van der Waals surface area (Å²) in [5.41, 5.74) is -0.0254. The van der Waals surface area contributed by atoms with Crippen LogP contribution in [0.25, 0.3) is 0 Å². The SMILES string of the molecule is COCc1nc(C(=O)N(C)[C@@]2(c3ccccc3Cl)CCCCC2=O)cs1. The minimum Gasteiger partial charge on any atom is -0.378 e. The molecule has 1 amide bonds. The van der Waals surface area contributed by atoms with E-state index in [1.807, 2.05) is 18.2 Å². The van der Waals surface area contributed by atoms with Crippen molar-refractivity contribution in [3.63, 3.8) is 0 Å². The number of carbonyl (C=O) groups excluding carboxylic acids is 2. The number of ketones is 1. The fourth-order valence-corrected chi connectivity index (χ4v) is 4.60. The number of amides is 1. The number of thiazole rings is 1. The largest absolute Gasteiger partial charge is 0.378 e. The molecular weight excluding hydrogens is 372 g/mol. The van der Waals surface area contributed by atoms with Gasteiger partial charge in [0.2, 0.25) is 0 Å². The Kier molecular flexibility index (Phi) is 5.75. The lowest BCUT2D eigenvalue weighted by Gasteiger charge is -2.43. The van der Waals surface area contributed by atoms with E-state index in [2.05, 4.69) is 4.98 Å². The summed E-state index contributed by atoms with van der Waals surface area (Å²) in [5, 5.41) is 2.94. The molecule has 1 heterocycles. The number of benzene rings is 1. The van der Waals surface area contributed by atoms with Crippen molar-refractivity contribution < 1.29 is 14.3 Å². The van der Waals surface area contributed by atoms with Crippen molar-refractivity contribution in [3.8, 4) is 0 Å². The van der Waals surface area contributed by atoms with Crippen LogP contribution in [0.15, 0.2) is 29.6 Å². The van der Waals surface area contributed by atoms with Crippen LogP contribution in [0, 0.1) is 0 Å². The zero-order chi connectivity index (χ0) is 18.7. The van der Waals surface area contributed by atoms with E-state index in [9.17, 15) is 9.59 Å². The van der Waals surface area contributed by atoms with Crippen molar-refractivity contribution in [2.75, 3.05) is 14.2 Å². The Balaban J connectivity index is 2.02. The molecule has 0 N–H and O–H groups in total. The summed E-state index contributed by atoms with van der Waals surface area (Å²) in [6, 6.07) is 7.28. The molecule has 7 heteroatoms. The van der Waals surface area contributed by atoms with Crippen molar-refractivity contribution in [3.05, 3.63) is 50.9 Å². The van der Waals surface area contributed by atoms with Crippen molar-refractivity contribution in [1.29, 1.82) is 0 Å². The van der Waals surface area contributed by atoms with E-state index in [1.54, 1.807) is 25.6 Å². The van der Waals surface area contributed by atoms with Gasteiger partial charge in [0.1, 0.15) is 16.2 Å². The van der Waals surface area contributed by atoms with Gasteiger partial charge >= 0.3 is 0 Å². The second kappa shape index (κ2) is 7.86. The Morgan fingerprint density at radius 1 is 1.38 bits per heavy atom. The van der Waals surface area contributed by atoms with Gasteiger partial charge in [-0.1, -0.05) is 29.8 Å². The molecule has 5 nitrogen and oxygen atoms in total. The maximum absolute atomic E-state index is 13.1. The topological polar surface area (TPSA) is 59.5 Å². The molecule has 1 aromatic carbocycles. The summed E-state index contributed by atoms with van der Waals surface area (Å²) in [6.45, 7) is 0.357. The normalized spacial score (nSPS) is 20.2. The summed E-state index contributed by atoms with van der Waals surface area (Å²) < 4.78 is 5.07. The highest BCUT2D eigenvalue weighted by molar-refractivity contribution is 7.09. The maximum Gasteiger partial charge on any atom is 0.274 e. The van der Waals surface area contributed by atoms with Gasteiger partial charge in [-0.3, -0.25) is 9.59 Å². The molecule has 1 atom stereocenters. The summed E-state index contributed by atoms with van der Waals surface area (Å²) in [7, 11) is 3.26. The minimum absolute atomic E-state index is 0.0278. The van der Waals surface area contributed by atoms with Crippen LogP contribution in [-0.4, -0.2) is 35.7 Å². The molecule has 138 valence electrons. The Bertz CT molecular complexity index is 823. The number of aromatic nitrogens is 1. The molecule has 0 saturated heterocycles. The molecule has 1 saturated carbocycles. The third-order valence-corrected chi connectivity index (χ3v) is 6.04. The second-order valence-electron chi connectivity index (χ2n) is 6.39. The van der Waals surface area contributed by atoms with E-state index in [4.69, 9.17) is 16.3 Å². The van der Waals surface area contributed by atoms with E-state index < -0.39 is 5.54 Å². The molecule has 1 aromatic heterocycles. The second-order valence-corrected chi connectivity index (χ2v) is 7.74. The van der Waals surface area contributed by atoms with E-state index in [1.165, 1.54) is 16.2 Å². The first-order valence-corrected chi connectivity index (χ1v) is 9.76. The first-order valence-electron chi connectivity index (χ1n) is 8.50. The zero-order valence-corrected chi connectivity index (χ0v) is 16.4. The number of Topliss-reactive ketones (excluding diaryl/α,β-unsaturated/α-hetero) is 1. The number of carbonyl (C=O) groups is 2. The van der Waals surface area contributed by atoms with E-state index in [0.29, 0.717) is 35.7 Å². The highest BCUT2D eigenvalue weighted by Crippen LogP contribution is 2.42. The number of halogens is 1. The summed E-state index contributed by atoms with van der Waals surface area (Å²) in [5.74, 6) is -0.251. The van der Waals surface area contributed by atoms with Crippen LogP contribution in [0.4, 0.5) is 0 Å². The van der Waals surface area contributed by atoms with Crippen molar-refractivity contribution in [2.45, 2.75) is 37.8 Å². The lowest BCUT2D eigenvalue weighted by molar-refractivity contribution is -0.132. The third kappa shape index (κ3) is 3.29. The van der Waals surface area contributed by atoms with Crippen molar-refractivity contribution in [2.24, 2.45) is 0 Å². The van der Waals surface area contributed by atoms with Gasteiger partial charge in [-0.05, 0) is 25.3 Å². The fourth-order valence-electron chi connectivity index (χ4n) is 3.57. The molecule has 1 aliphatic rings. The van der Waals surface area contributed by atoms with Gasteiger partial charge in [0.25, 0.3) is 5.91 Å². The molecule has 1 aliphatic carbocycles. The Morgan fingerprint density at radius 2 is 2.15 bits per heavy atom. The standard InChI is InChI=1S/C19H21ClN2O3S/c1-22(18(24)15-12-26-17(21-15)11-25-2)19(10-6-5-9-16(19)23)13-7-3-4-8-14(13)20/h3-4,7-8,12H,5-6,9-11H2,1-2H3/t19-/m1/s1. The average Bonchev–Trinajstić information content (AvgIpc) is 3.11. The van der Waals surface area contributed by atoms with Crippen LogP contribution in [0.3, 0.4) is 0 Å². The molecule has 0 unspecified atom stereocenters. The average molecular weight is 393 g/mol. The van der Waals surface area contributed by atoms with Gasteiger partial charge < -0.3 is 9.64 Å². The van der Waals surface area contributed by atoms with Gasteiger partial charge in [-0.25, -0.2) is 4.98 Å². The monoisotopic (exact) mass is 392 g/mol.